The van der Waals surface area contributed by atoms with Crippen LogP contribution in [0.3, 0.4) is 0 Å². The van der Waals surface area contributed by atoms with Gasteiger partial charge in [-0.15, -0.1) is 10.2 Å². The summed E-state index contributed by atoms with van der Waals surface area (Å²) in [6.07, 6.45) is 2.62. The van der Waals surface area contributed by atoms with Crippen LogP contribution in [0.15, 0.2) is 72.8 Å². The summed E-state index contributed by atoms with van der Waals surface area (Å²) >= 11 is 0. The highest BCUT2D eigenvalue weighted by Gasteiger charge is 2.31. The molecule has 2 amide bonds. The number of aromatic nitrogens is 2. The summed E-state index contributed by atoms with van der Waals surface area (Å²) in [5.74, 6) is 0.244. The lowest BCUT2D eigenvalue weighted by molar-refractivity contribution is -0.128. The number of carbonyl (C=O) groups excluding carboxylic acids is 2. The first-order valence-corrected chi connectivity index (χ1v) is 10.5. The maximum Gasteiger partial charge on any atom is 0.276 e. The highest BCUT2D eigenvalue weighted by Crippen LogP contribution is 2.17. The Hall–Kier alpha value is -3.74. The van der Waals surface area contributed by atoms with Gasteiger partial charge in [0.15, 0.2) is 5.69 Å². The maximum atomic E-state index is 12.7. The number of nitrogens with zero attached hydrogens (tertiary/aromatic N) is 3. The number of amides is 2. The fourth-order valence-corrected chi connectivity index (χ4v) is 3.64. The average molecular weight is 415 g/mol. The van der Waals surface area contributed by atoms with Crippen molar-refractivity contribution in [2.75, 3.05) is 23.7 Å². The van der Waals surface area contributed by atoms with Crippen molar-refractivity contribution in [1.29, 1.82) is 0 Å². The maximum absolute atomic E-state index is 12.7. The van der Waals surface area contributed by atoms with Crippen LogP contribution in [-0.4, -0.2) is 46.0 Å². The lowest BCUT2D eigenvalue weighted by Gasteiger charge is -2.17. The summed E-state index contributed by atoms with van der Waals surface area (Å²) in [6.45, 7) is 1.48. The van der Waals surface area contributed by atoms with E-state index in [9.17, 15) is 9.59 Å². The van der Waals surface area contributed by atoms with Gasteiger partial charge in [-0.05, 0) is 49.1 Å². The predicted octanol–water partition coefficient (Wildman–Crippen LogP) is 3.37. The Labute approximate surface area is 181 Å². The zero-order valence-electron chi connectivity index (χ0n) is 17.2. The normalized spacial score (nSPS) is 15.7. The van der Waals surface area contributed by atoms with E-state index in [4.69, 9.17) is 0 Å². The van der Waals surface area contributed by atoms with Crippen molar-refractivity contribution < 1.29 is 9.59 Å². The monoisotopic (exact) mass is 415 g/mol. The minimum Gasteiger partial charge on any atom is -0.357 e. The van der Waals surface area contributed by atoms with Gasteiger partial charge in [0.25, 0.3) is 5.91 Å². The molecule has 1 aliphatic rings. The number of para-hydroxylation sites is 1. The van der Waals surface area contributed by atoms with Gasteiger partial charge < -0.3 is 15.5 Å². The van der Waals surface area contributed by atoms with Crippen molar-refractivity contribution >= 4 is 23.3 Å². The molecule has 1 fully saturated rings. The largest absolute Gasteiger partial charge is 0.357 e. The Bertz CT molecular complexity index is 1010. The molecule has 7 nitrogen and oxygen atoms in total. The Kier molecular flexibility index (Phi) is 6.52. The molecule has 1 aliphatic heterocycles. The quantitative estimate of drug-likeness (QED) is 0.589. The Balaban J connectivity index is 1.26. The second-order valence-electron chi connectivity index (χ2n) is 7.52. The Morgan fingerprint density at radius 1 is 0.968 bits per heavy atom. The lowest BCUT2D eigenvalue weighted by atomic mass is 10.1. The lowest BCUT2D eigenvalue weighted by Crippen LogP contribution is -2.34. The molecule has 2 aromatic carbocycles. The van der Waals surface area contributed by atoms with Gasteiger partial charge in [-0.25, -0.2) is 0 Å². The molecule has 0 saturated carbocycles. The molecule has 3 aromatic rings. The molecule has 31 heavy (non-hydrogen) atoms. The van der Waals surface area contributed by atoms with Crippen LogP contribution in [0, 0.1) is 0 Å². The molecule has 2 heterocycles. The summed E-state index contributed by atoms with van der Waals surface area (Å²) in [5, 5.41) is 14.0. The van der Waals surface area contributed by atoms with Crippen molar-refractivity contribution in [1.82, 2.24) is 15.1 Å². The van der Waals surface area contributed by atoms with E-state index in [1.54, 1.807) is 24.3 Å². The molecule has 1 aromatic heterocycles. The van der Waals surface area contributed by atoms with Crippen LogP contribution in [-0.2, 0) is 11.2 Å². The molecule has 158 valence electrons. The topological polar surface area (TPSA) is 87.2 Å². The molecule has 2 N–H and O–H groups in total. The first kappa shape index (κ1) is 20.5. The third-order valence-corrected chi connectivity index (χ3v) is 5.28. The zero-order chi connectivity index (χ0) is 21.5. The SMILES string of the molecule is O=C(Nc1ccccc1)c1ccc(NC2CCN(CCCc3ccccc3)C2=O)nn1. The van der Waals surface area contributed by atoms with E-state index >= 15 is 0 Å². The molecular formula is C24H25N5O2. The second kappa shape index (κ2) is 9.84. The molecule has 0 aliphatic carbocycles. The molecule has 0 spiro atoms. The van der Waals surface area contributed by atoms with E-state index < -0.39 is 0 Å². The predicted molar refractivity (Wildman–Crippen MR) is 120 cm³/mol. The van der Waals surface area contributed by atoms with Crippen LogP contribution < -0.4 is 10.6 Å². The first-order valence-electron chi connectivity index (χ1n) is 10.5. The van der Waals surface area contributed by atoms with E-state index in [0.29, 0.717) is 11.5 Å². The number of benzene rings is 2. The Morgan fingerprint density at radius 3 is 2.42 bits per heavy atom. The van der Waals surface area contributed by atoms with Gasteiger partial charge in [0.05, 0.1) is 0 Å². The summed E-state index contributed by atoms with van der Waals surface area (Å²) in [6, 6.07) is 22.4. The summed E-state index contributed by atoms with van der Waals surface area (Å²) in [7, 11) is 0. The molecule has 1 unspecified atom stereocenters. The molecule has 1 saturated heterocycles. The fourth-order valence-electron chi connectivity index (χ4n) is 3.64. The van der Waals surface area contributed by atoms with Gasteiger partial charge in [0, 0.05) is 18.8 Å². The van der Waals surface area contributed by atoms with Gasteiger partial charge in [-0.1, -0.05) is 48.5 Å². The molecular weight excluding hydrogens is 390 g/mol. The highest BCUT2D eigenvalue weighted by molar-refractivity contribution is 6.02. The van der Waals surface area contributed by atoms with Gasteiger partial charge in [0.1, 0.15) is 11.9 Å². The molecule has 4 rings (SSSR count). The van der Waals surface area contributed by atoms with Crippen molar-refractivity contribution in [3.63, 3.8) is 0 Å². The molecule has 1 atom stereocenters. The molecule has 0 bridgehead atoms. The number of rotatable bonds is 8. The number of anilines is 2. The number of likely N-dealkylation sites (tertiary alicyclic amines) is 1. The Morgan fingerprint density at radius 2 is 1.71 bits per heavy atom. The molecule has 0 radical (unpaired) electrons. The van der Waals surface area contributed by atoms with Crippen LogP contribution in [0.5, 0.6) is 0 Å². The van der Waals surface area contributed by atoms with E-state index in [1.165, 1.54) is 5.56 Å². The van der Waals surface area contributed by atoms with Crippen LogP contribution in [0.25, 0.3) is 0 Å². The van der Waals surface area contributed by atoms with Gasteiger partial charge in [0.2, 0.25) is 5.91 Å². The summed E-state index contributed by atoms with van der Waals surface area (Å²) in [5.41, 5.74) is 2.20. The second-order valence-corrected chi connectivity index (χ2v) is 7.52. The van der Waals surface area contributed by atoms with Gasteiger partial charge in [-0.3, -0.25) is 9.59 Å². The van der Waals surface area contributed by atoms with Crippen molar-refractivity contribution in [3.05, 3.63) is 84.1 Å². The summed E-state index contributed by atoms with van der Waals surface area (Å²) in [4.78, 5) is 26.9. The highest BCUT2D eigenvalue weighted by atomic mass is 16.2. The fraction of sp³-hybridized carbons (Fsp3) is 0.250. The van der Waals surface area contributed by atoms with Crippen LogP contribution in [0.4, 0.5) is 11.5 Å². The summed E-state index contributed by atoms with van der Waals surface area (Å²) < 4.78 is 0. The number of carbonyl (C=O) groups is 2. The smallest absolute Gasteiger partial charge is 0.276 e. The van der Waals surface area contributed by atoms with Crippen LogP contribution in [0.1, 0.15) is 28.9 Å². The van der Waals surface area contributed by atoms with Gasteiger partial charge in [-0.2, -0.15) is 0 Å². The van der Waals surface area contributed by atoms with Crippen LogP contribution in [0.2, 0.25) is 0 Å². The van der Waals surface area contributed by atoms with Crippen molar-refractivity contribution in [2.45, 2.75) is 25.3 Å². The van der Waals surface area contributed by atoms with E-state index in [1.807, 2.05) is 41.3 Å². The first-order chi connectivity index (χ1) is 15.2. The van der Waals surface area contributed by atoms with E-state index in [0.717, 1.165) is 32.4 Å². The minimum absolute atomic E-state index is 0.0840. The van der Waals surface area contributed by atoms with Crippen molar-refractivity contribution in [3.8, 4) is 0 Å². The third kappa shape index (κ3) is 5.45. The average Bonchev–Trinajstić information content (AvgIpc) is 3.15. The number of hydrogen-bond acceptors (Lipinski definition) is 5. The third-order valence-electron chi connectivity index (χ3n) is 5.28. The van der Waals surface area contributed by atoms with E-state index in [2.05, 4.69) is 33.0 Å². The van der Waals surface area contributed by atoms with E-state index in [-0.39, 0.29) is 23.6 Å². The standard InChI is InChI=1S/C24H25N5O2/c30-23(25-19-11-5-2-6-12-19)20-13-14-22(28-27-20)26-21-15-17-29(24(21)31)16-7-10-18-8-3-1-4-9-18/h1-6,8-9,11-14,21H,7,10,15-17H2,(H,25,30)(H,26,28). The molecule has 7 heteroatoms. The van der Waals surface area contributed by atoms with Crippen molar-refractivity contribution in [2.24, 2.45) is 0 Å². The number of hydrogen-bond donors (Lipinski definition) is 2. The number of nitrogens with one attached hydrogen (secondary N) is 2. The van der Waals surface area contributed by atoms with Crippen LogP contribution >= 0.6 is 0 Å². The zero-order valence-corrected chi connectivity index (χ0v) is 17.2. The van der Waals surface area contributed by atoms with Gasteiger partial charge >= 0.3 is 0 Å². The number of aryl methyl sites for hydroxylation is 1. The minimum atomic E-state index is -0.327.